The summed E-state index contributed by atoms with van der Waals surface area (Å²) >= 11 is 5.88. The van der Waals surface area contributed by atoms with Crippen molar-refractivity contribution in [3.05, 3.63) is 69.6 Å². The zero-order chi connectivity index (χ0) is 21.1. The van der Waals surface area contributed by atoms with E-state index in [0.717, 1.165) is 12.1 Å². The second-order valence-corrected chi connectivity index (χ2v) is 7.28. The topological polar surface area (TPSA) is 74.3 Å². The Morgan fingerprint density at radius 1 is 1.21 bits per heavy atom. The van der Waals surface area contributed by atoms with Crippen molar-refractivity contribution in [3.8, 4) is 0 Å². The van der Waals surface area contributed by atoms with E-state index in [9.17, 15) is 14.0 Å². The Balaban J connectivity index is 2.28. The average Bonchev–Trinajstić information content (AvgIpc) is 2.97. The van der Waals surface area contributed by atoms with Crippen molar-refractivity contribution in [2.45, 2.75) is 26.3 Å². The van der Waals surface area contributed by atoms with Gasteiger partial charge in [0.25, 0.3) is 0 Å². The van der Waals surface area contributed by atoms with Crippen LogP contribution in [0.25, 0.3) is 10.9 Å². The Hall–Kier alpha value is -2.70. The van der Waals surface area contributed by atoms with E-state index in [1.165, 1.54) is 13.2 Å². The number of hydrogen-bond donors (Lipinski definition) is 1. The number of nitrogens with two attached hydrogens (primary N) is 1. The van der Waals surface area contributed by atoms with Crippen LogP contribution in [0.4, 0.5) is 4.39 Å². The van der Waals surface area contributed by atoms with Crippen LogP contribution in [-0.4, -0.2) is 30.0 Å². The van der Waals surface area contributed by atoms with Crippen LogP contribution in [0.5, 0.6) is 0 Å². The van der Waals surface area contributed by atoms with Crippen LogP contribution in [0.15, 0.2) is 36.4 Å². The van der Waals surface area contributed by atoms with Crippen LogP contribution in [0.2, 0.25) is 5.02 Å². The molecular formula is C22H22ClFN2O3. The van der Waals surface area contributed by atoms with Crippen LogP contribution in [-0.2, 0) is 17.7 Å². The largest absolute Gasteiger partial charge is 0.377 e. The summed E-state index contributed by atoms with van der Waals surface area (Å²) in [5.41, 5.74) is 8.17. The number of rotatable bonds is 8. The van der Waals surface area contributed by atoms with Crippen molar-refractivity contribution in [1.82, 2.24) is 4.57 Å². The zero-order valence-electron chi connectivity index (χ0n) is 16.3. The molecule has 1 heterocycles. The first kappa shape index (κ1) is 21.0. The highest BCUT2D eigenvalue weighted by Gasteiger charge is 2.23. The number of hydrogen-bond acceptors (Lipinski definition) is 3. The number of benzene rings is 2. The molecule has 7 heteroatoms. The molecule has 0 saturated heterocycles. The normalized spacial score (nSPS) is 11.2. The number of methoxy groups -OCH3 is 1. The number of carbonyl (C=O) groups excluding carboxylic acids is 2. The number of ether oxygens (including phenoxy) is 1. The SMILES string of the molecule is CCCc1c(C(=O)COC)c2ccc(C(N)=O)cc2n1Cc1ccc(Cl)cc1F. The maximum Gasteiger partial charge on any atom is 0.248 e. The number of primary amides is 1. The lowest BCUT2D eigenvalue weighted by Gasteiger charge is -2.13. The van der Waals surface area contributed by atoms with Gasteiger partial charge < -0.3 is 15.0 Å². The summed E-state index contributed by atoms with van der Waals surface area (Å²) < 4.78 is 21.4. The van der Waals surface area contributed by atoms with Crippen LogP contribution in [0.1, 0.15) is 45.3 Å². The molecule has 0 spiro atoms. The number of amides is 1. The molecule has 2 N–H and O–H groups in total. The molecule has 0 aliphatic carbocycles. The Kier molecular flexibility index (Phi) is 6.35. The van der Waals surface area contributed by atoms with E-state index < -0.39 is 11.7 Å². The third kappa shape index (κ3) is 4.18. The van der Waals surface area contributed by atoms with E-state index in [-0.39, 0.29) is 18.9 Å². The zero-order valence-corrected chi connectivity index (χ0v) is 17.1. The van der Waals surface area contributed by atoms with Crippen LogP contribution in [0, 0.1) is 5.82 Å². The number of carbonyl (C=O) groups is 2. The van der Waals surface area contributed by atoms with E-state index in [2.05, 4.69) is 0 Å². The molecule has 29 heavy (non-hydrogen) atoms. The maximum absolute atomic E-state index is 14.5. The van der Waals surface area contributed by atoms with Gasteiger partial charge in [-0.1, -0.05) is 37.1 Å². The number of halogens is 2. The van der Waals surface area contributed by atoms with Crippen molar-refractivity contribution >= 4 is 34.2 Å². The van der Waals surface area contributed by atoms with E-state index >= 15 is 0 Å². The van der Waals surface area contributed by atoms with Gasteiger partial charge in [-0.2, -0.15) is 0 Å². The minimum absolute atomic E-state index is 0.0668. The highest BCUT2D eigenvalue weighted by atomic mass is 35.5. The first-order chi connectivity index (χ1) is 13.9. The van der Waals surface area contributed by atoms with E-state index in [1.54, 1.807) is 30.3 Å². The second-order valence-electron chi connectivity index (χ2n) is 6.85. The Morgan fingerprint density at radius 3 is 2.59 bits per heavy atom. The molecule has 2 aromatic carbocycles. The van der Waals surface area contributed by atoms with Crippen molar-refractivity contribution in [1.29, 1.82) is 0 Å². The summed E-state index contributed by atoms with van der Waals surface area (Å²) in [6, 6.07) is 9.45. The summed E-state index contributed by atoms with van der Waals surface area (Å²) in [4.78, 5) is 24.5. The fraction of sp³-hybridized carbons (Fsp3) is 0.273. The molecule has 0 saturated carbocycles. The lowest BCUT2D eigenvalue weighted by atomic mass is 10.0. The van der Waals surface area contributed by atoms with Crippen molar-refractivity contribution in [3.63, 3.8) is 0 Å². The third-order valence-electron chi connectivity index (χ3n) is 4.84. The molecule has 5 nitrogen and oxygen atoms in total. The highest BCUT2D eigenvalue weighted by molar-refractivity contribution is 6.30. The van der Waals surface area contributed by atoms with E-state index in [0.29, 0.717) is 39.0 Å². The van der Waals surface area contributed by atoms with Gasteiger partial charge in [-0.25, -0.2) is 4.39 Å². The molecule has 1 amide bonds. The first-order valence-electron chi connectivity index (χ1n) is 9.28. The molecule has 0 bridgehead atoms. The average molecular weight is 417 g/mol. The molecule has 1 aromatic heterocycles. The summed E-state index contributed by atoms with van der Waals surface area (Å²) in [5.74, 6) is -1.17. The van der Waals surface area contributed by atoms with Gasteiger partial charge >= 0.3 is 0 Å². The number of aromatic nitrogens is 1. The summed E-state index contributed by atoms with van der Waals surface area (Å²) in [6.07, 6.45) is 1.40. The molecule has 3 rings (SSSR count). The second kappa shape index (κ2) is 8.76. The number of nitrogens with zero attached hydrogens (tertiary/aromatic N) is 1. The smallest absolute Gasteiger partial charge is 0.248 e. The first-order valence-corrected chi connectivity index (χ1v) is 9.66. The third-order valence-corrected chi connectivity index (χ3v) is 5.08. The predicted octanol–water partition coefficient (Wildman–Crippen LogP) is 4.36. The van der Waals surface area contributed by atoms with Crippen molar-refractivity contribution in [2.24, 2.45) is 5.73 Å². The molecule has 152 valence electrons. The van der Waals surface area contributed by atoms with Crippen molar-refractivity contribution < 1.29 is 18.7 Å². The van der Waals surface area contributed by atoms with Gasteiger partial charge in [-0.3, -0.25) is 9.59 Å². The van der Waals surface area contributed by atoms with Crippen LogP contribution >= 0.6 is 11.6 Å². The van der Waals surface area contributed by atoms with Gasteiger partial charge in [-0.15, -0.1) is 0 Å². The number of ketones is 1. The maximum atomic E-state index is 14.5. The van der Waals surface area contributed by atoms with E-state index in [4.69, 9.17) is 22.1 Å². The molecule has 0 fully saturated rings. The molecule has 3 aromatic rings. The Bertz CT molecular complexity index is 1090. The highest BCUT2D eigenvalue weighted by Crippen LogP contribution is 2.30. The lowest BCUT2D eigenvalue weighted by Crippen LogP contribution is -2.12. The minimum atomic E-state index is -0.570. The molecule has 0 radical (unpaired) electrons. The van der Waals surface area contributed by atoms with Gasteiger partial charge in [0, 0.05) is 39.9 Å². The summed E-state index contributed by atoms with van der Waals surface area (Å²) in [7, 11) is 1.46. The lowest BCUT2D eigenvalue weighted by molar-refractivity contribution is 0.0848. The van der Waals surface area contributed by atoms with Crippen LogP contribution in [0.3, 0.4) is 0 Å². The monoisotopic (exact) mass is 416 g/mol. The molecule has 0 aliphatic heterocycles. The van der Waals surface area contributed by atoms with Gasteiger partial charge in [0.2, 0.25) is 5.91 Å². The fourth-order valence-electron chi connectivity index (χ4n) is 3.57. The van der Waals surface area contributed by atoms with Gasteiger partial charge in [0.05, 0.1) is 12.1 Å². The number of fused-ring (bicyclic) bond motifs is 1. The van der Waals surface area contributed by atoms with Crippen molar-refractivity contribution in [2.75, 3.05) is 13.7 Å². The standard InChI is InChI=1S/C22H22ClFN2O3/c1-3-4-18-21(20(27)12-29-2)16-8-6-13(22(25)28)9-19(16)26(18)11-14-5-7-15(23)10-17(14)24/h5-10H,3-4,11-12H2,1-2H3,(H2,25,28). The quantitative estimate of drug-likeness (QED) is 0.554. The molecule has 0 atom stereocenters. The van der Waals surface area contributed by atoms with E-state index in [1.807, 2.05) is 11.5 Å². The van der Waals surface area contributed by atoms with Gasteiger partial charge in [-0.05, 0) is 30.7 Å². The van der Waals surface area contributed by atoms with Crippen LogP contribution < -0.4 is 5.73 Å². The molecule has 0 aliphatic rings. The predicted molar refractivity (Wildman–Crippen MR) is 111 cm³/mol. The minimum Gasteiger partial charge on any atom is -0.377 e. The summed E-state index contributed by atoms with van der Waals surface area (Å²) in [6.45, 7) is 2.13. The van der Waals surface area contributed by atoms with Gasteiger partial charge in [0.15, 0.2) is 5.78 Å². The Labute approximate surface area is 173 Å². The molecular weight excluding hydrogens is 395 g/mol. The van der Waals surface area contributed by atoms with Gasteiger partial charge in [0.1, 0.15) is 12.4 Å². The number of Topliss-reactive ketones (excluding diaryl/α,β-unsaturated/α-hetero) is 1. The summed E-state index contributed by atoms with van der Waals surface area (Å²) in [5, 5.41) is 0.999. The fourth-order valence-corrected chi connectivity index (χ4v) is 3.73. The molecule has 0 unspecified atom stereocenters. The Morgan fingerprint density at radius 2 is 1.97 bits per heavy atom.